The van der Waals surface area contributed by atoms with E-state index < -0.39 is 27.9 Å². The first-order chi connectivity index (χ1) is 18.4. The zero-order valence-electron chi connectivity index (χ0n) is 21.1. The third-order valence-electron chi connectivity index (χ3n) is 5.72. The molecule has 0 N–H and O–H groups in total. The molecule has 2 aromatic carbocycles. The molecule has 0 spiro atoms. The number of hydroxylamine groups is 1. The molecule has 0 saturated carbocycles. The fourth-order valence-electron chi connectivity index (χ4n) is 3.73. The van der Waals surface area contributed by atoms with Crippen molar-refractivity contribution in [3.8, 4) is 17.2 Å². The highest BCUT2D eigenvalue weighted by molar-refractivity contribution is 7.86. The van der Waals surface area contributed by atoms with Crippen molar-refractivity contribution in [1.29, 1.82) is 0 Å². The minimum absolute atomic E-state index is 0.0390. The number of benzene rings is 2. The summed E-state index contributed by atoms with van der Waals surface area (Å²) < 4.78 is 83.2. The van der Waals surface area contributed by atoms with Gasteiger partial charge in [-0.1, -0.05) is 12.1 Å². The lowest BCUT2D eigenvalue weighted by molar-refractivity contribution is -0.169. The smallest absolute Gasteiger partial charge is 0.416 e. The summed E-state index contributed by atoms with van der Waals surface area (Å²) in [6.45, 7) is 3.23. The third kappa shape index (κ3) is 7.15. The van der Waals surface area contributed by atoms with Gasteiger partial charge in [-0.15, -0.1) is 0 Å². The van der Waals surface area contributed by atoms with Gasteiger partial charge in [0, 0.05) is 25.6 Å². The van der Waals surface area contributed by atoms with E-state index in [2.05, 4.69) is 4.98 Å². The van der Waals surface area contributed by atoms with Crippen molar-refractivity contribution in [2.24, 2.45) is 0 Å². The van der Waals surface area contributed by atoms with Gasteiger partial charge in [-0.05, 0) is 53.4 Å². The van der Waals surface area contributed by atoms with E-state index in [9.17, 15) is 26.4 Å². The summed E-state index contributed by atoms with van der Waals surface area (Å²) in [5.74, 6) is 0.112. The molecule has 14 heteroatoms. The lowest BCUT2D eigenvalue weighted by Crippen LogP contribution is -2.48. The van der Waals surface area contributed by atoms with Crippen LogP contribution in [0, 0.1) is 6.92 Å². The summed E-state index contributed by atoms with van der Waals surface area (Å²) in [5, 5.41) is 0. The number of nitrogens with zero attached hydrogens (tertiary/aromatic N) is 3. The second-order valence-corrected chi connectivity index (χ2v) is 10.4. The first-order valence-corrected chi connectivity index (χ1v) is 13.2. The van der Waals surface area contributed by atoms with Crippen molar-refractivity contribution in [2.75, 3.05) is 26.3 Å². The maximum atomic E-state index is 13.1. The second kappa shape index (κ2) is 11.7. The van der Waals surface area contributed by atoms with Gasteiger partial charge < -0.3 is 18.7 Å². The predicted molar refractivity (Wildman–Crippen MR) is 131 cm³/mol. The van der Waals surface area contributed by atoms with Crippen LogP contribution >= 0.6 is 0 Å². The van der Waals surface area contributed by atoms with Crippen molar-refractivity contribution in [3.63, 3.8) is 0 Å². The Balaban J connectivity index is 1.45. The van der Waals surface area contributed by atoms with Gasteiger partial charge in [-0.25, -0.2) is 4.98 Å². The van der Waals surface area contributed by atoms with E-state index in [0.29, 0.717) is 32.8 Å². The molecule has 4 rings (SSSR count). The molecule has 0 bridgehead atoms. The Hall–Kier alpha value is -3.46. The van der Waals surface area contributed by atoms with Crippen molar-refractivity contribution in [2.45, 2.75) is 33.2 Å². The highest BCUT2D eigenvalue weighted by Crippen LogP contribution is 2.31. The number of hydrogen-bond donors (Lipinski definition) is 0. The summed E-state index contributed by atoms with van der Waals surface area (Å²) in [4.78, 5) is 20.9. The van der Waals surface area contributed by atoms with E-state index in [1.54, 1.807) is 31.2 Å². The predicted octanol–water partition coefficient (Wildman–Crippen LogP) is 4.10. The minimum Gasteiger partial charge on any atom is -0.486 e. The summed E-state index contributed by atoms with van der Waals surface area (Å²) in [7, 11) is -4.11. The monoisotopic (exact) mass is 569 g/mol. The quantitative estimate of drug-likeness (QED) is 0.354. The molecule has 3 aromatic rings. The van der Waals surface area contributed by atoms with E-state index in [1.165, 1.54) is 16.4 Å². The van der Waals surface area contributed by atoms with Crippen LogP contribution in [-0.4, -0.2) is 54.4 Å². The number of halogens is 3. The van der Waals surface area contributed by atoms with Crippen molar-refractivity contribution < 1.29 is 45.1 Å². The number of alkyl halides is 3. The lowest BCUT2D eigenvalue weighted by Gasteiger charge is -2.30. The Morgan fingerprint density at radius 2 is 1.82 bits per heavy atom. The molecule has 0 amide bonds. The fourth-order valence-corrected chi connectivity index (χ4v) is 5.11. The van der Waals surface area contributed by atoms with Gasteiger partial charge in [0.05, 0.1) is 31.0 Å². The average Bonchev–Trinajstić information content (AvgIpc) is 3.27. The van der Waals surface area contributed by atoms with Crippen LogP contribution < -0.4 is 4.74 Å². The molecule has 0 aliphatic carbocycles. The molecular formula is C25H26F3N3O7S. The van der Waals surface area contributed by atoms with E-state index in [0.717, 1.165) is 19.1 Å². The molecule has 2 heterocycles. The molecule has 210 valence electrons. The number of aromatic nitrogens is 1. The van der Waals surface area contributed by atoms with Crippen LogP contribution in [-0.2, 0) is 43.9 Å². The van der Waals surface area contributed by atoms with Gasteiger partial charge in [-0.3, -0.25) is 4.79 Å². The van der Waals surface area contributed by atoms with E-state index >= 15 is 0 Å². The summed E-state index contributed by atoms with van der Waals surface area (Å²) in [6.07, 6.45) is -4.44. The van der Waals surface area contributed by atoms with Gasteiger partial charge in [0.15, 0.2) is 5.76 Å². The molecule has 0 atom stereocenters. The lowest BCUT2D eigenvalue weighted by atomic mass is 10.1. The number of morpholine rings is 1. The largest absolute Gasteiger partial charge is 0.486 e. The Bertz CT molecular complexity index is 1400. The highest BCUT2D eigenvalue weighted by Gasteiger charge is 2.34. The Kier molecular flexibility index (Phi) is 8.59. The molecule has 1 saturated heterocycles. The molecule has 1 aliphatic heterocycles. The number of oxazole rings is 1. The number of carbonyl (C=O) groups is 1. The van der Waals surface area contributed by atoms with Crippen LogP contribution in [0.1, 0.15) is 29.5 Å². The molecule has 0 unspecified atom stereocenters. The Morgan fingerprint density at radius 1 is 1.13 bits per heavy atom. The third-order valence-corrected chi connectivity index (χ3v) is 7.45. The molecule has 0 radical (unpaired) electrons. The molecule has 39 heavy (non-hydrogen) atoms. The molecular weight excluding hydrogens is 543 g/mol. The number of ether oxygens (including phenoxy) is 2. The van der Waals surface area contributed by atoms with Crippen LogP contribution in [0.2, 0.25) is 0 Å². The van der Waals surface area contributed by atoms with Gasteiger partial charge in [0.2, 0.25) is 5.89 Å². The fraction of sp³-hybridized carbons (Fsp3) is 0.360. The van der Waals surface area contributed by atoms with Crippen LogP contribution in [0.3, 0.4) is 0 Å². The first-order valence-electron chi connectivity index (χ1n) is 11.8. The molecule has 1 aliphatic rings. The van der Waals surface area contributed by atoms with Gasteiger partial charge in [0.25, 0.3) is 0 Å². The molecule has 10 nitrogen and oxygen atoms in total. The van der Waals surface area contributed by atoms with Crippen LogP contribution in [0.5, 0.6) is 5.75 Å². The van der Waals surface area contributed by atoms with E-state index in [1.807, 2.05) is 0 Å². The summed E-state index contributed by atoms with van der Waals surface area (Å²) >= 11 is 0. The topological polar surface area (TPSA) is 111 Å². The number of aryl methyl sites for hydroxylation is 1. The zero-order valence-corrected chi connectivity index (χ0v) is 21.9. The Morgan fingerprint density at radius 3 is 2.46 bits per heavy atom. The first kappa shape index (κ1) is 28.5. The van der Waals surface area contributed by atoms with Gasteiger partial charge in [0.1, 0.15) is 12.4 Å². The molecule has 1 fully saturated rings. The van der Waals surface area contributed by atoms with Crippen molar-refractivity contribution in [1.82, 2.24) is 13.8 Å². The number of rotatable bonds is 9. The van der Waals surface area contributed by atoms with Crippen LogP contribution in [0.15, 0.2) is 52.9 Å². The Labute approximate surface area is 223 Å². The number of carbonyl (C=O) groups excluding carboxylic acids is 1. The van der Waals surface area contributed by atoms with Crippen LogP contribution in [0.4, 0.5) is 13.2 Å². The SMILES string of the molecule is CC(=O)ON(Cc1cccc(OCc2oc(-c3ccc(C(F)(F)F)cc3)nc2C)c1)S(=O)(=O)N1CCOCC1. The number of hydrogen-bond acceptors (Lipinski definition) is 8. The van der Waals surface area contributed by atoms with Crippen LogP contribution in [0.25, 0.3) is 11.5 Å². The summed E-state index contributed by atoms with van der Waals surface area (Å²) in [6, 6.07) is 11.0. The maximum absolute atomic E-state index is 13.1. The average molecular weight is 570 g/mol. The normalized spacial score (nSPS) is 14.9. The maximum Gasteiger partial charge on any atom is 0.416 e. The standard InChI is InChI=1S/C25H26F3N3O7S/c1-17-23(37-24(29-17)20-6-8-21(9-7-20)25(26,27)28)16-36-22-5-3-4-19(14-22)15-31(38-18(2)32)39(33,34)30-10-12-35-13-11-30/h3-9,14H,10-13,15-16H2,1-2H3. The minimum atomic E-state index is -4.44. The van der Waals surface area contributed by atoms with Crippen molar-refractivity contribution in [3.05, 3.63) is 71.1 Å². The van der Waals surface area contributed by atoms with Crippen molar-refractivity contribution >= 4 is 16.2 Å². The van der Waals surface area contributed by atoms with Gasteiger partial charge >= 0.3 is 22.4 Å². The van der Waals surface area contributed by atoms with E-state index in [-0.39, 0.29) is 45.3 Å². The zero-order chi connectivity index (χ0) is 28.2. The molecule has 1 aromatic heterocycles. The summed E-state index contributed by atoms with van der Waals surface area (Å²) in [5.41, 5.74) is 0.596. The highest BCUT2D eigenvalue weighted by atomic mass is 32.2. The second-order valence-electron chi connectivity index (χ2n) is 8.60. The van der Waals surface area contributed by atoms with Gasteiger partial charge in [-0.2, -0.15) is 25.9 Å². The van der Waals surface area contributed by atoms with E-state index in [4.69, 9.17) is 18.7 Å².